The molecular formula is C23H19ClFN3O3S. The van der Waals surface area contributed by atoms with E-state index in [4.69, 9.17) is 16.3 Å². The summed E-state index contributed by atoms with van der Waals surface area (Å²) in [5, 5.41) is 0.858. The fourth-order valence-corrected chi connectivity index (χ4v) is 4.72. The molecule has 32 heavy (non-hydrogen) atoms. The molecule has 1 unspecified atom stereocenters. The number of methoxy groups -OCH3 is 1. The number of esters is 1. The van der Waals surface area contributed by atoms with Crippen LogP contribution in [0.25, 0.3) is 0 Å². The molecule has 0 radical (unpaired) electrons. The molecule has 6 nitrogen and oxygen atoms in total. The van der Waals surface area contributed by atoms with Crippen LogP contribution in [0, 0.1) is 11.7 Å². The third kappa shape index (κ3) is 4.33. The Morgan fingerprint density at radius 1 is 1.22 bits per heavy atom. The van der Waals surface area contributed by atoms with Crippen molar-refractivity contribution in [3.63, 3.8) is 0 Å². The van der Waals surface area contributed by atoms with Crippen molar-refractivity contribution in [1.29, 1.82) is 0 Å². The van der Waals surface area contributed by atoms with Crippen molar-refractivity contribution >= 4 is 40.9 Å². The second kappa shape index (κ2) is 9.26. The number of aliphatic imine (C=N–C) groups is 1. The van der Waals surface area contributed by atoms with E-state index in [-0.39, 0.29) is 17.2 Å². The maximum atomic E-state index is 13.9. The van der Waals surface area contributed by atoms with Gasteiger partial charge in [0.05, 0.1) is 12.7 Å². The summed E-state index contributed by atoms with van der Waals surface area (Å²) in [7, 11) is 1.30. The Kier molecular flexibility index (Phi) is 6.43. The normalized spacial score (nSPS) is 17.4. The van der Waals surface area contributed by atoms with Crippen LogP contribution in [0.5, 0.6) is 0 Å². The first kappa shape index (κ1) is 22.2. The fourth-order valence-electron chi connectivity index (χ4n) is 3.75. The lowest BCUT2D eigenvalue weighted by Gasteiger charge is -2.29. The lowest BCUT2D eigenvalue weighted by molar-refractivity contribution is -0.143. The molecule has 164 valence electrons. The molecule has 0 amide bonds. The lowest BCUT2D eigenvalue weighted by atomic mass is 9.77. The second-order valence-corrected chi connectivity index (χ2v) is 8.67. The molecule has 1 aliphatic heterocycles. The molecule has 0 bridgehead atoms. The zero-order chi connectivity index (χ0) is 22.8. The van der Waals surface area contributed by atoms with Crippen LogP contribution in [0.15, 0.2) is 63.5 Å². The molecule has 2 heterocycles. The van der Waals surface area contributed by atoms with Crippen LogP contribution in [0.3, 0.4) is 0 Å². The van der Waals surface area contributed by atoms with Crippen molar-refractivity contribution in [2.24, 2.45) is 10.9 Å². The highest BCUT2D eigenvalue weighted by Crippen LogP contribution is 2.41. The minimum atomic E-state index is -0.770. The van der Waals surface area contributed by atoms with Gasteiger partial charge in [0.2, 0.25) is 0 Å². The van der Waals surface area contributed by atoms with Crippen LogP contribution in [-0.4, -0.2) is 28.8 Å². The Labute approximate surface area is 192 Å². The van der Waals surface area contributed by atoms with Gasteiger partial charge in [-0.3, -0.25) is 9.59 Å². The summed E-state index contributed by atoms with van der Waals surface area (Å²) in [4.78, 5) is 37.5. The number of fused-ring (bicyclic) bond motifs is 1. The maximum absolute atomic E-state index is 13.9. The van der Waals surface area contributed by atoms with E-state index in [1.807, 2.05) is 0 Å². The van der Waals surface area contributed by atoms with Gasteiger partial charge < -0.3 is 9.72 Å². The van der Waals surface area contributed by atoms with Gasteiger partial charge in [-0.2, -0.15) is 0 Å². The summed E-state index contributed by atoms with van der Waals surface area (Å²) in [6.07, 6.45) is 0. The quantitative estimate of drug-likeness (QED) is 0.325. The van der Waals surface area contributed by atoms with Gasteiger partial charge in [-0.05, 0) is 36.2 Å². The highest BCUT2D eigenvalue weighted by atomic mass is 35.5. The summed E-state index contributed by atoms with van der Waals surface area (Å²) in [5.74, 6) is -1.68. The molecule has 1 aromatic heterocycles. The zero-order valence-corrected chi connectivity index (χ0v) is 18.8. The molecule has 1 N–H and O–H groups in total. The van der Waals surface area contributed by atoms with Crippen LogP contribution < -0.4 is 5.56 Å². The average Bonchev–Trinajstić information content (AvgIpc) is 2.77. The Bertz CT molecular complexity index is 1260. The van der Waals surface area contributed by atoms with E-state index in [2.05, 4.69) is 15.0 Å². The number of carbonyl (C=O) groups is 1. The smallest absolute Gasteiger partial charge is 0.315 e. The van der Waals surface area contributed by atoms with E-state index in [0.717, 1.165) is 5.56 Å². The molecule has 2 aromatic carbocycles. The monoisotopic (exact) mass is 471 g/mol. The topological polar surface area (TPSA) is 84.4 Å². The van der Waals surface area contributed by atoms with Gasteiger partial charge in [0, 0.05) is 22.4 Å². The number of thioether (sulfide) groups is 1. The van der Waals surface area contributed by atoms with Gasteiger partial charge in [-0.15, -0.1) is 0 Å². The van der Waals surface area contributed by atoms with Crippen molar-refractivity contribution in [1.82, 2.24) is 9.97 Å². The van der Waals surface area contributed by atoms with Crippen LogP contribution in [0.4, 0.5) is 10.2 Å². The third-order valence-corrected chi connectivity index (χ3v) is 6.47. The van der Waals surface area contributed by atoms with Crippen LogP contribution in [0.1, 0.15) is 29.5 Å². The van der Waals surface area contributed by atoms with E-state index in [9.17, 15) is 14.0 Å². The van der Waals surface area contributed by atoms with Crippen LogP contribution in [0.2, 0.25) is 5.02 Å². The molecule has 0 saturated heterocycles. The largest absolute Gasteiger partial charge is 0.468 e. The number of benzene rings is 2. The Hall–Kier alpha value is -2.97. The fraction of sp³-hybridized carbons (Fsp3) is 0.217. The Balaban J connectivity index is 1.77. The zero-order valence-electron chi connectivity index (χ0n) is 17.3. The van der Waals surface area contributed by atoms with Crippen molar-refractivity contribution in [2.75, 3.05) is 7.11 Å². The lowest BCUT2D eigenvalue weighted by Crippen LogP contribution is -2.36. The van der Waals surface area contributed by atoms with Gasteiger partial charge >= 0.3 is 5.97 Å². The van der Waals surface area contributed by atoms with Gasteiger partial charge in [0.1, 0.15) is 11.7 Å². The SMILES string of the molecule is COC(=O)C1C(C)=Nc2nc(SCc3ccccc3F)[nH]c(=O)c2[C@H]1c1ccc(Cl)cc1. The number of hydrogen-bond donors (Lipinski definition) is 1. The number of ether oxygens (including phenoxy) is 1. The molecule has 0 saturated carbocycles. The van der Waals surface area contributed by atoms with E-state index in [0.29, 0.717) is 27.2 Å². The number of aromatic amines is 1. The first-order valence-electron chi connectivity index (χ1n) is 9.78. The summed E-state index contributed by atoms with van der Waals surface area (Å²) < 4.78 is 18.9. The number of carbonyl (C=O) groups excluding carboxylic acids is 1. The van der Waals surface area contributed by atoms with Crippen molar-refractivity contribution in [2.45, 2.75) is 23.8 Å². The highest BCUT2D eigenvalue weighted by molar-refractivity contribution is 7.98. The first-order chi connectivity index (χ1) is 15.4. The third-order valence-electron chi connectivity index (χ3n) is 5.30. The molecule has 4 rings (SSSR count). The molecule has 2 atom stereocenters. The van der Waals surface area contributed by atoms with Crippen molar-refractivity contribution in [3.05, 3.63) is 86.4 Å². The summed E-state index contributed by atoms with van der Waals surface area (Å²) in [6.45, 7) is 1.71. The molecule has 9 heteroatoms. The minimum Gasteiger partial charge on any atom is -0.468 e. The number of aromatic nitrogens is 2. The Morgan fingerprint density at radius 2 is 1.94 bits per heavy atom. The standard InChI is InChI=1S/C23H19ClFN3O3S/c1-12-17(22(30)31-2)18(13-7-9-15(24)10-8-13)19-20(26-12)27-23(28-21(19)29)32-11-14-5-3-4-6-16(14)25/h3-10,17-18H,11H2,1-2H3,(H,27,28,29)/t17?,18-/m0/s1. The van der Waals surface area contributed by atoms with E-state index in [1.54, 1.807) is 49.4 Å². The van der Waals surface area contributed by atoms with Gasteiger partial charge in [0.15, 0.2) is 11.0 Å². The number of nitrogens with zero attached hydrogens (tertiary/aromatic N) is 2. The van der Waals surface area contributed by atoms with E-state index in [1.165, 1.54) is 24.9 Å². The van der Waals surface area contributed by atoms with Gasteiger partial charge in [-0.25, -0.2) is 14.4 Å². The van der Waals surface area contributed by atoms with Crippen molar-refractivity contribution < 1.29 is 13.9 Å². The van der Waals surface area contributed by atoms with Gasteiger partial charge in [-0.1, -0.05) is 53.7 Å². The number of halogens is 2. The average molecular weight is 472 g/mol. The van der Waals surface area contributed by atoms with Crippen LogP contribution in [-0.2, 0) is 15.3 Å². The molecule has 0 aliphatic carbocycles. The highest BCUT2D eigenvalue weighted by Gasteiger charge is 2.40. The van der Waals surface area contributed by atoms with Gasteiger partial charge in [0.25, 0.3) is 5.56 Å². The number of nitrogens with one attached hydrogen (secondary N) is 1. The minimum absolute atomic E-state index is 0.238. The molecule has 1 aliphatic rings. The molecule has 0 fully saturated rings. The summed E-state index contributed by atoms with van der Waals surface area (Å²) >= 11 is 7.23. The first-order valence-corrected chi connectivity index (χ1v) is 11.1. The van der Waals surface area contributed by atoms with Crippen molar-refractivity contribution in [3.8, 4) is 0 Å². The number of hydrogen-bond acceptors (Lipinski definition) is 6. The maximum Gasteiger partial charge on any atom is 0.315 e. The molecule has 0 spiro atoms. The second-order valence-electron chi connectivity index (χ2n) is 7.27. The predicted molar refractivity (Wildman–Crippen MR) is 122 cm³/mol. The van der Waals surface area contributed by atoms with E-state index >= 15 is 0 Å². The predicted octanol–water partition coefficient (Wildman–Crippen LogP) is 4.88. The van der Waals surface area contributed by atoms with E-state index < -0.39 is 23.4 Å². The Morgan fingerprint density at radius 3 is 2.62 bits per heavy atom. The summed E-state index contributed by atoms with van der Waals surface area (Å²) in [5.41, 5.74) is 1.59. The molecule has 3 aromatic rings. The number of H-pyrrole nitrogens is 1. The van der Waals surface area contributed by atoms with Crippen LogP contribution >= 0.6 is 23.4 Å². The molecular weight excluding hydrogens is 453 g/mol. The number of rotatable bonds is 5. The summed E-state index contributed by atoms with van der Waals surface area (Å²) in [6, 6.07) is 13.4.